The van der Waals surface area contributed by atoms with Gasteiger partial charge in [0.05, 0.1) is 4.36 Å². The van der Waals surface area contributed by atoms with Gasteiger partial charge in [0, 0.05) is 10.3 Å². The van der Waals surface area contributed by atoms with E-state index >= 15 is 0 Å². The molecule has 0 aromatic rings. The summed E-state index contributed by atoms with van der Waals surface area (Å²) in [5.74, 6) is 0. The quantitative estimate of drug-likeness (QED) is 0.598. The van der Waals surface area contributed by atoms with Crippen LogP contribution in [0.3, 0.4) is 0 Å². The van der Waals surface area contributed by atoms with Crippen LogP contribution in [-0.4, -0.2) is 4.75 Å². The Labute approximate surface area is 70.6 Å². The Kier molecular flexibility index (Phi) is 4.02. The first-order valence-electron chi connectivity index (χ1n) is 2.60. The Morgan fingerprint density at radius 3 is 2.00 bits per heavy atom. The average molecular weight is 185 g/mol. The second kappa shape index (κ2) is 3.75. The molecule has 0 aliphatic heterocycles. The maximum absolute atomic E-state index is 5.64. The minimum Gasteiger partial charge on any atom is -0.107 e. The van der Waals surface area contributed by atoms with Crippen molar-refractivity contribution in [3.05, 3.63) is 9.90 Å². The Morgan fingerprint density at radius 2 is 1.89 bits per heavy atom. The first kappa shape index (κ1) is 9.67. The molecule has 0 N–H and O–H groups in total. The molecule has 0 radical (unpaired) electrons. The van der Waals surface area contributed by atoms with Crippen LogP contribution in [-0.2, 0) is 0 Å². The fourth-order valence-corrected chi connectivity index (χ4v) is 1.77. The molecule has 0 spiro atoms. The van der Waals surface area contributed by atoms with Crippen molar-refractivity contribution in [2.75, 3.05) is 0 Å². The lowest BCUT2D eigenvalue weighted by atomic mass is 10.3. The topological polar surface area (TPSA) is 0 Å². The van der Waals surface area contributed by atoms with Gasteiger partial charge in [-0.15, -0.1) is 11.8 Å². The highest BCUT2D eigenvalue weighted by atomic mass is 35.5. The standard InChI is InChI=1S/C6H10Cl2S/c1-6(2,3)9-5(8)4-7/h4H,1-3H3/b5-4-. The van der Waals surface area contributed by atoms with Gasteiger partial charge in [0.2, 0.25) is 0 Å². The molecule has 0 fully saturated rings. The summed E-state index contributed by atoms with van der Waals surface area (Å²) >= 11 is 12.5. The van der Waals surface area contributed by atoms with Crippen LogP contribution in [0.1, 0.15) is 20.8 Å². The molecule has 0 saturated heterocycles. The lowest BCUT2D eigenvalue weighted by molar-refractivity contribution is 0.807. The van der Waals surface area contributed by atoms with Crippen LogP contribution in [0.25, 0.3) is 0 Å². The van der Waals surface area contributed by atoms with Crippen LogP contribution in [0.2, 0.25) is 0 Å². The normalized spacial score (nSPS) is 14.1. The Balaban J connectivity index is 3.75. The monoisotopic (exact) mass is 184 g/mol. The molecule has 0 aliphatic rings. The van der Waals surface area contributed by atoms with Gasteiger partial charge >= 0.3 is 0 Å². The number of hydrogen-bond donors (Lipinski definition) is 0. The van der Waals surface area contributed by atoms with Crippen LogP contribution in [0, 0.1) is 0 Å². The molecule has 0 unspecified atom stereocenters. The first-order valence-corrected chi connectivity index (χ1v) is 4.24. The van der Waals surface area contributed by atoms with E-state index in [1.54, 1.807) is 11.8 Å². The van der Waals surface area contributed by atoms with E-state index in [1.807, 2.05) is 0 Å². The summed E-state index contributed by atoms with van der Waals surface area (Å²) in [6.07, 6.45) is 0. The number of halogens is 2. The molecular formula is C6H10Cl2S. The largest absolute Gasteiger partial charge is 0.107 e. The highest BCUT2D eigenvalue weighted by Gasteiger charge is 2.11. The smallest absolute Gasteiger partial charge is 0.0853 e. The van der Waals surface area contributed by atoms with Gasteiger partial charge in [-0.05, 0) is 0 Å². The molecule has 0 rings (SSSR count). The second-order valence-electron chi connectivity index (χ2n) is 2.63. The van der Waals surface area contributed by atoms with Crippen LogP contribution < -0.4 is 0 Å². The third-order valence-electron chi connectivity index (χ3n) is 0.489. The van der Waals surface area contributed by atoms with E-state index in [-0.39, 0.29) is 4.75 Å². The van der Waals surface area contributed by atoms with Gasteiger partial charge in [-0.1, -0.05) is 44.0 Å². The molecule has 0 atom stereocenters. The molecule has 0 amide bonds. The summed E-state index contributed by atoms with van der Waals surface area (Å²) < 4.78 is 0.798. The van der Waals surface area contributed by atoms with Crippen molar-refractivity contribution in [1.29, 1.82) is 0 Å². The predicted octanol–water partition coefficient (Wildman–Crippen LogP) is 3.79. The van der Waals surface area contributed by atoms with Gasteiger partial charge < -0.3 is 0 Å². The third-order valence-corrected chi connectivity index (χ3v) is 2.21. The Bertz CT molecular complexity index is 113. The maximum Gasteiger partial charge on any atom is 0.0853 e. The maximum atomic E-state index is 5.64. The molecule has 0 nitrogen and oxygen atoms in total. The highest BCUT2D eigenvalue weighted by Crippen LogP contribution is 2.33. The summed E-state index contributed by atoms with van der Waals surface area (Å²) in [6.45, 7) is 6.25. The minimum atomic E-state index is 0.155. The van der Waals surface area contributed by atoms with Gasteiger partial charge in [0.25, 0.3) is 0 Å². The zero-order chi connectivity index (χ0) is 7.49. The van der Waals surface area contributed by atoms with Crippen LogP contribution in [0.4, 0.5) is 0 Å². The van der Waals surface area contributed by atoms with E-state index in [4.69, 9.17) is 23.2 Å². The molecular weight excluding hydrogens is 175 g/mol. The summed E-state index contributed by atoms with van der Waals surface area (Å²) in [5, 5.41) is 0. The summed E-state index contributed by atoms with van der Waals surface area (Å²) in [7, 11) is 0. The van der Waals surface area contributed by atoms with E-state index in [0.717, 1.165) is 0 Å². The third kappa shape index (κ3) is 6.56. The first-order chi connectivity index (χ1) is 3.95. The van der Waals surface area contributed by atoms with E-state index < -0.39 is 0 Å². The van der Waals surface area contributed by atoms with Gasteiger partial charge in [-0.25, -0.2) is 0 Å². The summed E-state index contributed by atoms with van der Waals surface area (Å²) in [6, 6.07) is 0. The van der Waals surface area contributed by atoms with Gasteiger partial charge in [-0.2, -0.15) is 0 Å². The van der Waals surface area contributed by atoms with Crippen molar-refractivity contribution in [2.45, 2.75) is 25.5 Å². The average Bonchev–Trinajstić information content (AvgIpc) is 1.62. The molecule has 0 aromatic heterocycles. The van der Waals surface area contributed by atoms with Crippen molar-refractivity contribution in [3.8, 4) is 0 Å². The summed E-state index contributed by atoms with van der Waals surface area (Å²) in [4.78, 5) is 0. The number of thioether (sulfide) groups is 1. The van der Waals surface area contributed by atoms with Crippen molar-refractivity contribution in [3.63, 3.8) is 0 Å². The van der Waals surface area contributed by atoms with Crippen molar-refractivity contribution >= 4 is 35.0 Å². The lowest BCUT2D eigenvalue weighted by Gasteiger charge is -2.15. The fourth-order valence-electron chi connectivity index (χ4n) is 0.315. The second-order valence-corrected chi connectivity index (χ2v) is 5.35. The molecule has 0 heterocycles. The van der Waals surface area contributed by atoms with Gasteiger partial charge in [0.1, 0.15) is 0 Å². The molecule has 0 aromatic carbocycles. The predicted molar refractivity (Wildman–Crippen MR) is 47.1 cm³/mol. The molecule has 3 heteroatoms. The minimum absolute atomic E-state index is 0.155. The van der Waals surface area contributed by atoms with E-state index in [1.165, 1.54) is 5.54 Å². The molecule has 0 aliphatic carbocycles. The zero-order valence-corrected chi connectivity index (χ0v) is 8.07. The molecule has 54 valence electrons. The van der Waals surface area contributed by atoms with Gasteiger partial charge in [0.15, 0.2) is 0 Å². The molecule has 0 bridgehead atoms. The van der Waals surface area contributed by atoms with Crippen molar-refractivity contribution < 1.29 is 0 Å². The fraction of sp³-hybridized carbons (Fsp3) is 0.667. The highest BCUT2D eigenvalue weighted by molar-refractivity contribution is 8.05. The molecule has 9 heavy (non-hydrogen) atoms. The van der Waals surface area contributed by atoms with Crippen LogP contribution >= 0.6 is 35.0 Å². The van der Waals surface area contributed by atoms with E-state index in [9.17, 15) is 0 Å². The Morgan fingerprint density at radius 1 is 1.44 bits per heavy atom. The number of rotatable bonds is 1. The van der Waals surface area contributed by atoms with Gasteiger partial charge in [-0.3, -0.25) is 0 Å². The van der Waals surface area contributed by atoms with Crippen molar-refractivity contribution in [1.82, 2.24) is 0 Å². The van der Waals surface area contributed by atoms with Crippen molar-refractivity contribution in [2.24, 2.45) is 0 Å². The number of hydrogen-bond acceptors (Lipinski definition) is 1. The zero-order valence-electron chi connectivity index (χ0n) is 5.74. The van der Waals surface area contributed by atoms with Crippen LogP contribution in [0.15, 0.2) is 9.90 Å². The van der Waals surface area contributed by atoms with E-state index in [0.29, 0.717) is 4.36 Å². The van der Waals surface area contributed by atoms with E-state index in [2.05, 4.69) is 20.8 Å². The summed E-state index contributed by atoms with van der Waals surface area (Å²) in [5.41, 5.74) is 1.39. The lowest BCUT2D eigenvalue weighted by Crippen LogP contribution is -2.05. The Hall–Kier alpha value is 0.670. The van der Waals surface area contributed by atoms with Crippen LogP contribution in [0.5, 0.6) is 0 Å². The molecule has 0 saturated carbocycles. The SMILES string of the molecule is CC(C)(C)S/C(Cl)=C\Cl.